The zero-order valence-corrected chi connectivity index (χ0v) is 12.7. The molecule has 7 atom stereocenters. The second kappa shape index (κ2) is 4.94. The summed E-state index contributed by atoms with van der Waals surface area (Å²) in [5.41, 5.74) is 0. The summed E-state index contributed by atoms with van der Waals surface area (Å²) < 4.78 is 0. The molecule has 100 valence electrons. The number of hydrogen-bond acceptors (Lipinski definition) is 0. The first kappa shape index (κ1) is 13.4. The van der Waals surface area contributed by atoms with Gasteiger partial charge in [0.15, 0.2) is 0 Å². The van der Waals surface area contributed by atoms with Crippen molar-refractivity contribution in [2.24, 2.45) is 47.3 Å². The van der Waals surface area contributed by atoms with Gasteiger partial charge < -0.3 is 0 Å². The van der Waals surface area contributed by atoms with Crippen LogP contribution in [0.4, 0.5) is 0 Å². The van der Waals surface area contributed by atoms with E-state index in [1.165, 1.54) is 19.3 Å². The highest BCUT2D eigenvalue weighted by Gasteiger charge is 2.61. The smallest absolute Gasteiger partial charge is 0.0316 e. The van der Waals surface area contributed by atoms with Gasteiger partial charge in [-0.15, -0.1) is 0 Å². The van der Waals surface area contributed by atoms with Crippen LogP contribution in [0.5, 0.6) is 0 Å². The Hall–Kier alpha value is 0. The second-order valence-electron chi connectivity index (χ2n) is 7.22. The molecule has 0 spiro atoms. The molecule has 2 rings (SSSR count). The highest BCUT2D eigenvalue weighted by molar-refractivity contribution is 5.08. The molecule has 0 bridgehead atoms. The molecule has 0 N–H and O–H groups in total. The number of rotatable bonds is 5. The van der Waals surface area contributed by atoms with Crippen LogP contribution in [0.1, 0.15) is 60.8 Å². The molecule has 2 aliphatic carbocycles. The lowest BCUT2D eigenvalue weighted by Gasteiger charge is -2.50. The molecule has 0 heteroatoms. The highest BCUT2D eigenvalue weighted by Crippen LogP contribution is 2.66. The molecule has 0 radical (unpaired) electrons. The summed E-state index contributed by atoms with van der Waals surface area (Å²) in [6, 6.07) is 0. The molecule has 2 aliphatic rings. The quantitative estimate of drug-likeness (QED) is 0.613. The van der Waals surface area contributed by atoms with Crippen LogP contribution in [-0.2, 0) is 0 Å². The summed E-state index contributed by atoms with van der Waals surface area (Å²) in [5.74, 6) is 8.23. The van der Waals surface area contributed by atoms with Crippen LogP contribution >= 0.6 is 0 Å². The van der Waals surface area contributed by atoms with E-state index in [1.54, 1.807) is 0 Å². The molecule has 0 saturated heterocycles. The minimum Gasteiger partial charge on any atom is -0.0654 e. The molecular weight excluding hydrogens is 204 g/mol. The fourth-order valence-electron chi connectivity index (χ4n) is 5.24. The Balaban J connectivity index is 2.02. The van der Waals surface area contributed by atoms with E-state index in [4.69, 9.17) is 0 Å². The Kier molecular flexibility index (Phi) is 3.90. The zero-order chi connectivity index (χ0) is 12.7. The lowest BCUT2D eigenvalue weighted by atomic mass is 9.55. The van der Waals surface area contributed by atoms with Gasteiger partial charge in [-0.05, 0) is 47.3 Å². The summed E-state index contributed by atoms with van der Waals surface area (Å²) in [4.78, 5) is 0. The van der Waals surface area contributed by atoms with Crippen molar-refractivity contribution in [1.82, 2.24) is 0 Å². The maximum atomic E-state index is 2.51. The molecule has 17 heavy (non-hydrogen) atoms. The zero-order valence-electron chi connectivity index (χ0n) is 12.7. The highest BCUT2D eigenvalue weighted by atomic mass is 14.7. The minimum atomic E-state index is 0.914. The van der Waals surface area contributed by atoms with E-state index in [-0.39, 0.29) is 0 Å². The third-order valence-corrected chi connectivity index (χ3v) is 6.21. The van der Waals surface area contributed by atoms with Crippen molar-refractivity contribution in [3.8, 4) is 0 Å². The number of hydrogen-bond donors (Lipinski definition) is 0. The average molecular weight is 236 g/mol. The van der Waals surface area contributed by atoms with Crippen molar-refractivity contribution in [2.75, 3.05) is 0 Å². The fraction of sp³-hybridized carbons (Fsp3) is 1.00. The van der Waals surface area contributed by atoms with Gasteiger partial charge in [-0.3, -0.25) is 0 Å². The van der Waals surface area contributed by atoms with Crippen LogP contribution in [0.25, 0.3) is 0 Å². The van der Waals surface area contributed by atoms with Crippen LogP contribution in [0.15, 0.2) is 0 Å². The predicted octanol–water partition coefficient (Wildman–Crippen LogP) is 5.23. The van der Waals surface area contributed by atoms with E-state index >= 15 is 0 Å². The standard InChI is InChI=1S/C17H32/c1-7-9-14-15(10(3)4)17(14)16-12(6)11(5)13(16)8-2/h10-17H,7-9H2,1-6H3. The molecule has 7 unspecified atom stereocenters. The molecule has 0 amide bonds. The fourth-order valence-corrected chi connectivity index (χ4v) is 5.24. The first-order valence-electron chi connectivity index (χ1n) is 8.04. The van der Waals surface area contributed by atoms with E-state index < -0.39 is 0 Å². The first-order valence-corrected chi connectivity index (χ1v) is 8.04. The third-order valence-electron chi connectivity index (χ3n) is 6.21. The van der Waals surface area contributed by atoms with Crippen molar-refractivity contribution in [2.45, 2.75) is 60.8 Å². The van der Waals surface area contributed by atoms with Crippen molar-refractivity contribution < 1.29 is 0 Å². The third kappa shape index (κ3) is 2.06. The van der Waals surface area contributed by atoms with Crippen LogP contribution in [-0.4, -0.2) is 0 Å². The molecule has 0 heterocycles. The SMILES string of the molecule is CCCC1C(C(C)C)C1C1C(C)C(C)C1CC. The summed E-state index contributed by atoms with van der Waals surface area (Å²) >= 11 is 0. The van der Waals surface area contributed by atoms with Crippen LogP contribution in [0.3, 0.4) is 0 Å². The minimum absolute atomic E-state index is 0.914. The van der Waals surface area contributed by atoms with Crippen LogP contribution in [0, 0.1) is 47.3 Å². The van der Waals surface area contributed by atoms with Crippen molar-refractivity contribution in [3.63, 3.8) is 0 Å². The summed E-state index contributed by atoms with van der Waals surface area (Å²) in [5, 5.41) is 0. The lowest BCUT2D eigenvalue weighted by molar-refractivity contribution is -0.0239. The van der Waals surface area contributed by atoms with Crippen molar-refractivity contribution in [3.05, 3.63) is 0 Å². The van der Waals surface area contributed by atoms with Gasteiger partial charge in [0, 0.05) is 0 Å². The molecule has 0 nitrogen and oxygen atoms in total. The van der Waals surface area contributed by atoms with Crippen molar-refractivity contribution >= 4 is 0 Å². The maximum Gasteiger partial charge on any atom is -0.0316 e. The van der Waals surface area contributed by atoms with Gasteiger partial charge in [0.25, 0.3) is 0 Å². The Bertz CT molecular complexity index is 255. The monoisotopic (exact) mass is 236 g/mol. The Morgan fingerprint density at radius 1 is 0.882 bits per heavy atom. The van der Waals surface area contributed by atoms with E-state index in [0.717, 1.165) is 47.3 Å². The van der Waals surface area contributed by atoms with Gasteiger partial charge in [-0.1, -0.05) is 60.8 Å². The summed E-state index contributed by atoms with van der Waals surface area (Å²) in [6.07, 6.45) is 4.29. The van der Waals surface area contributed by atoms with Gasteiger partial charge in [0.1, 0.15) is 0 Å². The molecule has 0 aromatic rings. The van der Waals surface area contributed by atoms with Gasteiger partial charge >= 0.3 is 0 Å². The van der Waals surface area contributed by atoms with E-state index in [0.29, 0.717) is 0 Å². The molecule has 2 fully saturated rings. The molecule has 0 aromatic heterocycles. The van der Waals surface area contributed by atoms with Gasteiger partial charge in [0.05, 0.1) is 0 Å². The van der Waals surface area contributed by atoms with Gasteiger partial charge in [-0.25, -0.2) is 0 Å². The van der Waals surface area contributed by atoms with E-state index in [9.17, 15) is 0 Å². The predicted molar refractivity (Wildman–Crippen MR) is 75.8 cm³/mol. The Morgan fingerprint density at radius 3 is 2.00 bits per heavy atom. The van der Waals surface area contributed by atoms with E-state index in [1.807, 2.05) is 0 Å². The summed E-state index contributed by atoms with van der Waals surface area (Å²) in [6.45, 7) is 14.7. The topological polar surface area (TPSA) is 0 Å². The van der Waals surface area contributed by atoms with Crippen LogP contribution < -0.4 is 0 Å². The largest absolute Gasteiger partial charge is 0.0654 e. The molecule has 0 aliphatic heterocycles. The normalized spacial score (nSPS) is 49.2. The Labute approximate surface area is 109 Å². The van der Waals surface area contributed by atoms with Crippen molar-refractivity contribution in [1.29, 1.82) is 0 Å². The maximum absolute atomic E-state index is 2.51. The second-order valence-corrected chi connectivity index (χ2v) is 7.22. The van der Waals surface area contributed by atoms with E-state index in [2.05, 4.69) is 41.5 Å². The van der Waals surface area contributed by atoms with Gasteiger partial charge in [0.2, 0.25) is 0 Å². The summed E-state index contributed by atoms with van der Waals surface area (Å²) in [7, 11) is 0. The van der Waals surface area contributed by atoms with Crippen LogP contribution in [0.2, 0.25) is 0 Å². The molecule has 2 saturated carbocycles. The molecule has 0 aromatic carbocycles. The lowest BCUT2D eigenvalue weighted by Crippen LogP contribution is -2.45. The average Bonchev–Trinajstić information content (AvgIpc) is 2.98. The Morgan fingerprint density at radius 2 is 1.53 bits per heavy atom. The first-order chi connectivity index (χ1) is 8.04. The molecular formula is C17H32. The van der Waals surface area contributed by atoms with Gasteiger partial charge in [-0.2, -0.15) is 0 Å².